The van der Waals surface area contributed by atoms with Crippen LogP contribution < -0.4 is 20.5 Å². The molecule has 1 amide bonds. The molecule has 16 heteroatoms. The molecule has 1 aliphatic heterocycles. The van der Waals surface area contributed by atoms with Crippen LogP contribution in [0.15, 0.2) is 53.6 Å². The number of aliphatic carboxylic acids is 1. The number of benzene rings is 1. The lowest BCUT2D eigenvalue weighted by Crippen LogP contribution is -2.37. The number of anilines is 1. The molecule has 0 aliphatic carbocycles. The first-order chi connectivity index (χ1) is 20.8. The zero-order valence-corrected chi connectivity index (χ0v) is 24.1. The Morgan fingerprint density at radius 2 is 1.82 bits per heavy atom. The monoisotopic (exact) mass is 652 g/mol. The molecular formula is C28H22Cl2F4N6O4. The predicted octanol–water partition coefficient (Wildman–Crippen LogP) is 3.00. The molecular weight excluding hydrogens is 631 g/mol. The number of carbonyl (C=O) groups is 2. The molecule has 1 aliphatic rings. The van der Waals surface area contributed by atoms with Gasteiger partial charge in [-0.15, -0.1) is 0 Å². The number of nitriles is 1. The predicted molar refractivity (Wildman–Crippen MR) is 149 cm³/mol. The molecule has 1 saturated heterocycles. The first kappa shape index (κ1) is 32.3. The molecule has 3 aromatic heterocycles. The molecule has 230 valence electrons. The fraction of sp³-hybridized carbons (Fsp3) is 0.250. The highest BCUT2D eigenvalue weighted by atomic mass is 35.5. The summed E-state index contributed by atoms with van der Waals surface area (Å²) >= 11 is 12.4. The van der Waals surface area contributed by atoms with Gasteiger partial charge in [-0.3, -0.25) is 18.9 Å². The Bertz CT molecular complexity index is 1800. The molecule has 0 radical (unpaired) electrons. The van der Waals surface area contributed by atoms with Gasteiger partial charge >= 0.3 is 6.18 Å². The van der Waals surface area contributed by atoms with E-state index in [1.165, 1.54) is 18.3 Å². The third kappa shape index (κ3) is 7.29. The number of carboxylic acids is 1. The van der Waals surface area contributed by atoms with Gasteiger partial charge in [-0.2, -0.15) is 18.4 Å². The minimum absolute atomic E-state index is 0.00631. The van der Waals surface area contributed by atoms with E-state index in [4.69, 9.17) is 38.4 Å². The second kappa shape index (κ2) is 13.4. The van der Waals surface area contributed by atoms with Crippen molar-refractivity contribution >= 4 is 46.4 Å². The van der Waals surface area contributed by atoms with Crippen LogP contribution >= 0.6 is 23.2 Å². The Morgan fingerprint density at radius 3 is 2.45 bits per heavy atom. The number of hydrogen-bond acceptors (Lipinski definition) is 6. The van der Waals surface area contributed by atoms with E-state index in [9.17, 15) is 27.2 Å². The third-order valence-corrected chi connectivity index (χ3v) is 7.47. The first-order valence-corrected chi connectivity index (χ1v) is 13.7. The molecule has 10 nitrogen and oxygen atoms in total. The van der Waals surface area contributed by atoms with E-state index in [0.717, 1.165) is 12.4 Å². The van der Waals surface area contributed by atoms with E-state index in [1.54, 1.807) is 33.7 Å². The van der Waals surface area contributed by atoms with E-state index in [1.807, 2.05) is 6.07 Å². The van der Waals surface area contributed by atoms with Crippen molar-refractivity contribution < 1.29 is 37.2 Å². The van der Waals surface area contributed by atoms with Crippen molar-refractivity contribution in [2.45, 2.75) is 19.0 Å². The standard InChI is InChI=1S/C26H21Cl2FN6O2.C2HF3O2/c27-20-12-22-25(36)32-15-18(35(22)24(20)28)10-16-2-4-21(29)19(11-16)26(37)34-7-1-6-33(8-9-34)23-5-3-17(13-30)14-31-23;3-2(4,5)1(6)7/h2-5,11-12,14-15H,1,6-10H2,(H,32,36);(H,6,7). The number of alkyl halides is 3. The Kier molecular flexibility index (Phi) is 9.81. The maximum Gasteiger partial charge on any atom is 0.430 e. The molecule has 0 saturated carbocycles. The molecule has 0 atom stereocenters. The number of aromatic amines is 2. The quantitative estimate of drug-likeness (QED) is 0.336. The number of rotatable bonds is 4. The Balaban J connectivity index is 0.000000566. The lowest BCUT2D eigenvalue weighted by Gasteiger charge is -2.20. The molecule has 4 heterocycles. The van der Waals surface area contributed by atoms with Gasteiger partial charge in [-0.05, 0) is 29.8 Å². The number of hydrogen-bond donors (Lipinski definition) is 1. The molecule has 0 spiro atoms. The summed E-state index contributed by atoms with van der Waals surface area (Å²) in [5.74, 6) is -3.12. The highest BCUT2D eigenvalue weighted by molar-refractivity contribution is 6.42. The highest BCUT2D eigenvalue weighted by Gasteiger charge is 2.29. The van der Waals surface area contributed by atoms with Crippen LogP contribution in [0, 0.1) is 17.1 Å². The number of aromatic nitrogens is 3. The van der Waals surface area contributed by atoms with Crippen LogP contribution in [-0.2, 0) is 11.2 Å². The maximum absolute atomic E-state index is 14.8. The smallest absolute Gasteiger partial charge is 0.430 e. The number of pyridine rings is 1. The maximum atomic E-state index is 14.8. The molecule has 44 heavy (non-hydrogen) atoms. The summed E-state index contributed by atoms with van der Waals surface area (Å²) in [5, 5.41) is 18.2. The zero-order chi connectivity index (χ0) is 32.2. The van der Waals surface area contributed by atoms with Crippen molar-refractivity contribution in [3.05, 3.63) is 97.5 Å². The Labute approximate surface area is 256 Å². The molecule has 1 fully saturated rings. The summed E-state index contributed by atoms with van der Waals surface area (Å²) in [7, 11) is 0. The summed E-state index contributed by atoms with van der Waals surface area (Å²) in [6, 6.07) is 11.6. The van der Waals surface area contributed by atoms with E-state index in [-0.39, 0.29) is 27.2 Å². The molecule has 0 bridgehead atoms. The number of amides is 1. The summed E-state index contributed by atoms with van der Waals surface area (Å²) in [4.78, 5) is 43.9. The van der Waals surface area contributed by atoms with Crippen LogP contribution in [0.1, 0.15) is 33.6 Å². The summed E-state index contributed by atoms with van der Waals surface area (Å²) in [6.07, 6.45) is -1.01. The average Bonchev–Trinajstić information content (AvgIpc) is 3.14. The first-order valence-electron chi connectivity index (χ1n) is 12.9. The van der Waals surface area contributed by atoms with Gasteiger partial charge in [0.2, 0.25) is 0 Å². The number of fused-ring (bicyclic) bond motifs is 1. The van der Waals surface area contributed by atoms with Crippen LogP contribution in [0.5, 0.6) is 0 Å². The fourth-order valence-corrected chi connectivity index (χ4v) is 5.03. The van der Waals surface area contributed by atoms with Crippen LogP contribution in [-0.4, -0.2) is 58.5 Å². The average molecular weight is 653 g/mol. The van der Waals surface area contributed by atoms with Gasteiger partial charge in [0, 0.05) is 37.3 Å². The van der Waals surface area contributed by atoms with Gasteiger partial charge < -0.3 is 19.8 Å². The number of carbonyl (C=O) groups excluding carboxylic acids is 2. The second-order valence-corrected chi connectivity index (χ2v) is 10.4. The van der Waals surface area contributed by atoms with Crippen molar-refractivity contribution in [3.63, 3.8) is 0 Å². The second-order valence-electron chi connectivity index (χ2n) is 9.60. The van der Waals surface area contributed by atoms with E-state index >= 15 is 0 Å². The number of nitrogens with zero attached hydrogens (tertiary/aromatic N) is 4. The minimum Gasteiger partial charge on any atom is -0.542 e. The number of nitrogens with one attached hydrogen (secondary N) is 2. The van der Waals surface area contributed by atoms with Gasteiger partial charge in [0.1, 0.15) is 41.3 Å². The molecule has 4 aromatic rings. The van der Waals surface area contributed by atoms with Crippen molar-refractivity contribution in [3.8, 4) is 6.07 Å². The van der Waals surface area contributed by atoms with Crippen LogP contribution in [0.2, 0.25) is 10.2 Å². The van der Waals surface area contributed by atoms with Crippen LogP contribution in [0.25, 0.3) is 5.52 Å². The van der Waals surface area contributed by atoms with E-state index < -0.39 is 18.0 Å². The van der Waals surface area contributed by atoms with Crippen molar-refractivity contribution in [2.24, 2.45) is 0 Å². The molecule has 5 rings (SSSR count). The minimum atomic E-state index is -5.19. The molecule has 1 aromatic carbocycles. The van der Waals surface area contributed by atoms with Gasteiger partial charge in [0.15, 0.2) is 0 Å². The van der Waals surface area contributed by atoms with Crippen LogP contribution in [0.3, 0.4) is 0 Å². The van der Waals surface area contributed by atoms with Gasteiger partial charge in [0.05, 0.1) is 29.2 Å². The van der Waals surface area contributed by atoms with E-state index in [2.05, 4.69) is 20.9 Å². The van der Waals surface area contributed by atoms with Gasteiger partial charge in [-0.1, -0.05) is 29.3 Å². The summed E-state index contributed by atoms with van der Waals surface area (Å²) in [5.41, 5.74) is 1.83. The summed E-state index contributed by atoms with van der Waals surface area (Å²) in [6.45, 7) is 2.20. The lowest BCUT2D eigenvalue weighted by atomic mass is 10.0. The Morgan fingerprint density at radius 1 is 1.09 bits per heavy atom. The van der Waals surface area contributed by atoms with E-state index in [0.29, 0.717) is 54.8 Å². The van der Waals surface area contributed by atoms with Gasteiger partial charge in [-0.25, -0.2) is 9.37 Å². The largest absolute Gasteiger partial charge is 0.542 e. The lowest BCUT2D eigenvalue weighted by molar-refractivity contribution is -0.364. The zero-order valence-electron chi connectivity index (χ0n) is 22.6. The fourth-order valence-electron chi connectivity index (χ4n) is 4.59. The molecule has 0 unspecified atom stereocenters. The van der Waals surface area contributed by atoms with Crippen molar-refractivity contribution in [1.82, 2.24) is 14.3 Å². The van der Waals surface area contributed by atoms with Crippen LogP contribution in [0.4, 0.5) is 23.4 Å². The topological polar surface area (TPSA) is 139 Å². The summed E-state index contributed by atoms with van der Waals surface area (Å²) < 4.78 is 47.9. The number of H-pyrrole nitrogens is 2. The third-order valence-electron chi connectivity index (χ3n) is 6.71. The number of halogens is 6. The SMILES string of the molecule is N#Cc1ccc(N2CCCN(C(=O)c3cc(Cc4c[nH]c(=O)c5cc(Cl)c(Cl)n45)ccc3F)CC2)[nH+]c1.O=C([O-])C(F)(F)F. The number of carboxylic acid groups (broad SMARTS) is 1. The molecule has 2 N–H and O–H groups in total. The van der Waals surface area contributed by atoms with Gasteiger partial charge in [0.25, 0.3) is 17.3 Å². The highest BCUT2D eigenvalue weighted by Crippen LogP contribution is 2.27. The Hall–Kier alpha value is -4.61. The van der Waals surface area contributed by atoms with Crippen molar-refractivity contribution in [2.75, 3.05) is 31.1 Å². The van der Waals surface area contributed by atoms with Crippen molar-refractivity contribution in [1.29, 1.82) is 5.26 Å². The normalized spacial score (nSPS) is 13.6.